The highest BCUT2D eigenvalue weighted by Crippen LogP contribution is 2.32. The Morgan fingerprint density at radius 1 is 0.935 bits per heavy atom. The predicted octanol–water partition coefficient (Wildman–Crippen LogP) is 4.80. The number of aromatic amines is 1. The molecule has 0 aliphatic rings. The van der Waals surface area contributed by atoms with Crippen LogP contribution in [-0.2, 0) is 6.61 Å². The highest BCUT2D eigenvalue weighted by molar-refractivity contribution is 5.87. The van der Waals surface area contributed by atoms with Gasteiger partial charge in [-0.05, 0) is 54.3 Å². The van der Waals surface area contributed by atoms with Crippen molar-refractivity contribution in [3.63, 3.8) is 0 Å². The summed E-state index contributed by atoms with van der Waals surface area (Å²) in [7, 11) is 3.05. The van der Waals surface area contributed by atoms with Gasteiger partial charge in [0, 0.05) is 6.07 Å². The van der Waals surface area contributed by atoms with Crippen LogP contribution in [0.25, 0.3) is 22.2 Å². The summed E-state index contributed by atoms with van der Waals surface area (Å²) in [5, 5.41) is 0.392. The van der Waals surface area contributed by atoms with Gasteiger partial charge in [-0.3, -0.25) is 4.79 Å². The molecule has 0 radical (unpaired) electrons. The number of nitrogens with one attached hydrogen (secondary N) is 1. The summed E-state index contributed by atoms with van der Waals surface area (Å²) >= 11 is 0. The van der Waals surface area contributed by atoms with E-state index in [0.29, 0.717) is 34.8 Å². The second kappa shape index (κ2) is 8.52. The van der Waals surface area contributed by atoms with E-state index in [4.69, 9.17) is 14.2 Å². The average Bonchev–Trinajstić information content (AvgIpc) is 2.78. The van der Waals surface area contributed by atoms with Crippen LogP contribution in [0.2, 0.25) is 0 Å². The van der Waals surface area contributed by atoms with Crippen LogP contribution in [-0.4, -0.2) is 24.2 Å². The van der Waals surface area contributed by atoms with E-state index in [0.717, 1.165) is 28.0 Å². The van der Waals surface area contributed by atoms with Crippen molar-refractivity contribution in [1.82, 2.24) is 9.97 Å². The lowest BCUT2D eigenvalue weighted by molar-refractivity contribution is 0.302. The molecule has 0 saturated heterocycles. The number of pyridine rings is 2. The van der Waals surface area contributed by atoms with Gasteiger partial charge < -0.3 is 19.2 Å². The van der Waals surface area contributed by atoms with Gasteiger partial charge in [0.1, 0.15) is 23.5 Å². The topological polar surface area (TPSA) is 73.4 Å². The van der Waals surface area contributed by atoms with Crippen molar-refractivity contribution < 1.29 is 14.2 Å². The van der Waals surface area contributed by atoms with Crippen molar-refractivity contribution in [1.29, 1.82) is 0 Å². The molecule has 6 heteroatoms. The molecule has 0 aliphatic heterocycles. The lowest BCUT2D eigenvalue weighted by atomic mass is 10.0. The van der Waals surface area contributed by atoms with Gasteiger partial charge in [0.2, 0.25) is 5.88 Å². The molecule has 0 saturated carbocycles. The van der Waals surface area contributed by atoms with Crippen LogP contribution >= 0.6 is 0 Å². The van der Waals surface area contributed by atoms with Crippen molar-refractivity contribution in [2.75, 3.05) is 14.2 Å². The molecule has 2 heterocycles. The fourth-order valence-corrected chi connectivity index (χ4v) is 3.69. The number of hydrogen-bond acceptors (Lipinski definition) is 5. The zero-order valence-corrected chi connectivity index (χ0v) is 18.0. The molecule has 0 spiro atoms. The maximum absolute atomic E-state index is 12.8. The zero-order chi connectivity index (χ0) is 22.0. The molecule has 0 bridgehead atoms. The number of aromatic nitrogens is 2. The molecular formula is C25H24N2O4. The van der Waals surface area contributed by atoms with Crippen molar-refractivity contribution in [2.45, 2.75) is 20.5 Å². The Hall–Kier alpha value is -3.80. The molecule has 0 aliphatic carbocycles. The van der Waals surface area contributed by atoms with E-state index in [1.807, 2.05) is 62.4 Å². The van der Waals surface area contributed by atoms with E-state index in [-0.39, 0.29) is 5.56 Å². The SMILES string of the molecule is COc1cc(OC)c2c(=O)[nH]c(-c3cc(C)c(OCc4ccccc4)c(C)c3)cc2n1. The fourth-order valence-electron chi connectivity index (χ4n) is 3.69. The summed E-state index contributed by atoms with van der Waals surface area (Å²) in [5.74, 6) is 1.65. The number of H-pyrrole nitrogens is 1. The molecule has 4 rings (SSSR count). The minimum Gasteiger partial charge on any atom is -0.496 e. The number of nitrogens with zero attached hydrogens (tertiary/aromatic N) is 1. The van der Waals surface area contributed by atoms with E-state index >= 15 is 0 Å². The van der Waals surface area contributed by atoms with E-state index in [2.05, 4.69) is 9.97 Å². The number of ether oxygens (including phenoxy) is 3. The Morgan fingerprint density at radius 3 is 2.29 bits per heavy atom. The summed E-state index contributed by atoms with van der Waals surface area (Å²) < 4.78 is 16.7. The maximum atomic E-state index is 12.8. The minimum atomic E-state index is -0.265. The highest BCUT2D eigenvalue weighted by Gasteiger charge is 2.14. The molecule has 4 aromatic rings. The molecule has 0 atom stereocenters. The van der Waals surface area contributed by atoms with Crippen LogP contribution in [0.1, 0.15) is 16.7 Å². The Morgan fingerprint density at radius 2 is 1.65 bits per heavy atom. The van der Waals surface area contributed by atoms with Gasteiger partial charge in [-0.15, -0.1) is 0 Å². The molecule has 158 valence electrons. The Balaban J connectivity index is 1.73. The summed E-state index contributed by atoms with van der Waals surface area (Å²) in [4.78, 5) is 20.2. The van der Waals surface area contributed by atoms with Crippen LogP contribution in [0, 0.1) is 13.8 Å². The standard InChI is InChI=1S/C25H24N2O4/c1-15-10-18(11-16(2)24(15)31-14-17-8-6-5-7-9-17)19-12-20-23(25(28)27-19)21(29-3)13-22(26-20)30-4/h5-13H,14H2,1-4H3,(H,27,28). The smallest absolute Gasteiger partial charge is 0.261 e. The summed E-state index contributed by atoms with van der Waals surface area (Å²) in [6, 6.07) is 17.5. The van der Waals surface area contributed by atoms with Crippen LogP contribution in [0.15, 0.2) is 59.4 Å². The van der Waals surface area contributed by atoms with Gasteiger partial charge in [0.05, 0.1) is 25.4 Å². The van der Waals surface area contributed by atoms with Gasteiger partial charge in [-0.1, -0.05) is 30.3 Å². The van der Waals surface area contributed by atoms with Crippen molar-refractivity contribution >= 4 is 10.9 Å². The molecular weight excluding hydrogens is 392 g/mol. The van der Waals surface area contributed by atoms with Gasteiger partial charge in [-0.25, -0.2) is 4.98 Å². The average molecular weight is 416 g/mol. The third kappa shape index (κ3) is 4.10. The number of rotatable bonds is 6. The number of benzene rings is 2. The lowest BCUT2D eigenvalue weighted by Crippen LogP contribution is -2.10. The van der Waals surface area contributed by atoms with Crippen LogP contribution in [0.3, 0.4) is 0 Å². The first-order valence-electron chi connectivity index (χ1n) is 9.94. The molecule has 6 nitrogen and oxygen atoms in total. The van der Waals surface area contributed by atoms with E-state index in [9.17, 15) is 4.79 Å². The third-order valence-electron chi connectivity index (χ3n) is 5.17. The molecule has 2 aromatic heterocycles. The number of methoxy groups -OCH3 is 2. The molecule has 0 unspecified atom stereocenters. The lowest BCUT2D eigenvalue weighted by Gasteiger charge is -2.15. The number of aryl methyl sites for hydroxylation is 2. The summed E-state index contributed by atoms with van der Waals surface area (Å²) in [5.41, 5.74) is 4.88. The molecule has 0 amide bonds. The van der Waals surface area contributed by atoms with Crippen LogP contribution < -0.4 is 19.8 Å². The van der Waals surface area contributed by atoms with Crippen molar-refractivity contribution in [3.8, 4) is 28.6 Å². The van der Waals surface area contributed by atoms with Gasteiger partial charge >= 0.3 is 0 Å². The Bertz CT molecular complexity index is 1270. The summed E-state index contributed by atoms with van der Waals surface area (Å²) in [6.45, 7) is 4.50. The monoisotopic (exact) mass is 416 g/mol. The third-order valence-corrected chi connectivity index (χ3v) is 5.17. The van der Waals surface area contributed by atoms with Crippen LogP contribution in [0.5, 0.6) is 17.4 Å². The predicted molar refractivity (Wildman–Crippen MR) is 121 cm³/mol. The van der Waals surface area contributed by atoms with Crippen molar-refractivity contribution in [3.05, 3.63) is 81.6 Å². The molecule has 1 N–H and O–H groups in total. The van der Waals surface area contributed by atoms with Crippen LogP contribution in [0.4, 0.5) is 0 Å². The second-order valence-corrected chi connectivity index (χ2v) is 7.35. The Kier molecular flexibility index (Phi) is 5.62. The van der Waals surface area contributed by atoms with E-state index < -0.39 is 0 Å². The van der Waals surface area contributed by atoms with Gasteiger partial charge in [-0.2, -0.15) is 0 Å². The highest BCUT2D eigenvalue weighted by atomic mass is 16.5. The first-order valence-corrected chi connectivity index (χ1v) is 9.94. The Labute approximate surface area is 180 Å². The number of fused-ring (bicyclic) bond motifs is 1. The summed E-state index contributed by atoms with van der Waals surface area (Å²) in [6.07, 6.45) is 0. The fraction of sp³-hybridized carbons (Fsp3) is 0.200. The first kappa shape index (κ1) is 20.5. The quantitative estimate of drug-likeness (QED) is 0.489. The van der Waals surface area contributed by atoms with Gasteiger partial charge in [0.15, 0.2) is 0 Å². The van der Waals surface area contributed by atoms with Crippen molar-refractivity contribution in [2.24, 2.45) is 0 Å². The molecule has 0 fully saturated rings. The maximum Gasteiger partial charge on any atom is 0.261 e. The van der Waals surface area contributed by atoms with Gasteiger partial charge in [0.25, 0.3) is 5.56 Å². The van der Waals surface area contributed by atoms with E-state index in [1.165, 1.54) is 14.2 Å². The zero-order valence-electron chi connectivity index (χ0n) is 18.0. The molecule has 2 aromatic carbocycles. The number of hydrogen-bond donors (Lipinski definition) is 1. The largest absolute Gasteiger partial charge is 0.496 e. The second-order valence-electron chi connectivity index (χ2n) is 7.35. The van der Waals surface area contributed by atoms with E-state index in [1.54, 1.807) is 6.07 Å². The minimum absolute atomic E-state index is 0.265. The normalized spacial score (nSPS) is 10.8. The molecule has 31 heavy (non-hydrogen) atoms. The first-order chi connectivity index (χ1) is 15.0.